The van der Waals surface area contributed by atoms with E-state index in [2.05, 4.69) is 4.98 Å². The number of aromatic amines is 1. The number of hydrogen-bond acceptors (Lipinski definition) is 2. The number of aromatic hydroxyl groups is 1. The molecule has 0 aliphatic rings. The fraction of sp³-hybridized carbons (Fsp3) is 0.286. The van der Waals surface area contributed by atoms with E-state index in [1.165, 1.54) is 6.07 Å². The van der Waals surface area contributed by atoms with Crippen LogP contribution in [0.25, 0.3) is 0 Å². The van der Waals surface area contributed by atoms with E-state index in [0.717, 1.165) is 0 Å². The summed E-state index contributed by atoms with van der Waals surface area (Å²) >= 11 is 0. The molecule has 0 saturated heterocycles. The molecule has 0 unspecified atom stereocenters. The Labute approximate surface area is 58.3 Å². The highest BCUT2D eigenvalue weighted by atomic mass is 16.3. The minimum absolute atomic E-state index is 0.166. The third kappa shape index (κ3) is 1.03. The predicted molar refractivity (Wildman–Crippen MR) is 38.2 cm³/mol. The van der Waals surface area contributed by atoms with Gasteiger partial charge >= 0.3 is 0 Å². The third-order valence-corrected chi connectivity index (χ3v) is 1.39. The maximum atomic E-state index is 10.7. The molecule has 3 nitrogen and oxygen atoms in total. The number of nitrogens with one attached hydrogen (secondary N) is 1. The summed E-state index contributed by atoms with van der Waals surface area (Å²) in [6.45, 7) is 3.35. The molecule has 0 aliphatic carbocycles. The van der Waals surface area contributed by atoms with Crippen LogP contribution in [0.3, 0.4) is 0 Å². The van der Waals surface area contributed by atoms with E-state index in [9.17, 15) is 4.79 Å². The molecule has 0 fully saturated rings. The highest BCUT2D eigenvalue weighted by Gasteiger charge is 1.99. The Balaban J connectivity index is 3.46. The molecule has 1 rings (SSSR count). The summed E-state index contributed by atoms with van der Waals surface area (Å²) in [5.41, 5.74) is 0.957. The van der Waals surface area contributed by atoms with E-state index in [1.54, 1.807) is 13.8 Å². The maximum Gasteiger partial charge on any atom is 0.248 e. The minimum atomic E-state index is -0.173. The van der Waals surface area contributed by atoms with Crippen LogP contribution < -0.4 is 5.56 Å². The maximum absolute atomic E-state index is 10.7. The van der Waals surface area contributed by atoms with Gasteiger partial charge in [-0.3, -0.25) is 4.79 Å². The second kappa shape index (κ2) is 2.17. The van der Waals surface area contributed by atoms with Gasteiger partial charge in [0.05, 0.1) is 5.69 Å². The number of rotatable bonds is 0. The lowest BCUT2D eigenvalue weighted by atomic mass is 10.2. The molecule has 3 heteroatoms. The Morgan fingerprint density at radius 1 is 1.50 bits per heavy atom. The third-order valence-electron chi connectivity index (χ3n) is 1.39. The topological polar surface area (TPSA) is 53.1 Å². The lowest BCUT2D eigenvalue weighted by Crippen LogP contribution is -2.06. The normalized spacial score (nSPS) is 9.80. The van der Waals surface area contributed by atoms with Crippen LogP contribution in [0.1, 0.15) is 11.3 Å². The molecule has 1 aromatic rings. The average Bonchev–Trinajstić information content (AvgIpc) is 1.82. The van der Waals surface area contributed by atoms with Crippen molar-refractivity contribution in [2.24, 2.45) is 0 Å². The molecule has 0 amide bonds. The van der Waals surface area contributed by atoms with Gasteiger partial charge in [0.2, 0.25) is 5.56 Å². The molecule has 0 atom stereocenters. The smallest absolute Gasteiger partial charge is 0.248 e. The first kappa shape index (κ1) is 6.86. The van der Waals surface area contributed by atoms with Crippen LogP contribution >= 0.6 is 0 Å². The molecule has 1 aromatic heterocycles. The molecule has 0 saturated carbocycles. The lowest BCUT2D eigenvalue weighted by Gasteiger charge is -1.99. The first-order valence-electron chi connectivity index (χ1n) is 3.01. The number of aromatic nitrogens is 1. The number of aryl methyl sites for hydroxylation is 2. The van der Waals surface area contributed by atoms with Crippen molar-refractivity contribution in [2.75, 3.05) is 0 Å². The van der Waals surface area contributed by atoms with Crippen molar-refractivity contribution in [3.63, 3.8) is 0 Å². The molecule has 0 spiro atoms. The summed E-state index contributed by atoms with van der Waals surface area (Å²) in [7, 11) is 0. The van der Waals surface area contributed by atoms with Crippen LogP contribution in [0.2, 0.25) is 0 Å². The molecule has 0 aromatic carbocycles. The Morgan fingerprint density at radius 3 is 2.60 bits per heavy atom. The van der Waals surface area contributed by atoms with Crippen LogP contribution in [0.5, 0.6) is 5.75 Å². The molecule has 0 aliphatic heterocycles. The molecule has 54 valence electrons. The summed E-state index contributed by atoms with van der Waals surface area (Å²) in [6, 6.07) is 1.36. The van der Waals surface area contributed by atoms with Gasteiger partial charge in [0.25, 0.3) is 0 Å². The van der Waals surface area contributed by atoms with Crippen LogP contribution in [-0.2, 0) is 0 Å². The highest BCUT2D eigenvalue weighted by molar-refractivity contribution is 5.32. The second-order valence-electron chi connectivity index (χ2n) is 2.29. The van der Waals surface area contributed by atoms with Gasteiger partial charge in [0, 0.05) is 6.07 Å². The molecule has 10 heavy (non-hydrogen) atoms. The van der Waals surface area contributed by atoms with E-state index in [4.69, 9.17) is 5.11 Å². The zero-order valence-corrected chi connectivity index (χ0v) is 5.93. The lowest BCUT2D eigenvalue weighted by molar-refractivity contribution is 0.463. The van der Waals surface area contributed by atoms with E-state index in [1.807, 2.05) is 0 Å². The van der Waals surface area contributed by atoms with Gasteiger partial charge in [-0.1, -0.05) is 0 Å². The molecular weight excluding hydrogens is 130 g/mol. The van der Waals surface area contributed by atoms with Gasteiger partial charge in [0.15, 0.2) is 0 Å². The van der Waals surface area contributed by atoms with Gasteiger partial charge in [-0.2, -0.15) is 0 Å². The molecule has 0 bridgehead atoms. The SMILES string of the molecule is Cc1cc(=O)[nH]c(C)c1O. The Morgan fingerprint density at radius 2 is 2.10 bits per heavy atom. The minimum Gasteiger partial charge on any atom is -0.506 e. The van der Waals surface area contributed by atoms with Crippen molar-refractivity contribution in [3.8, 4) is 5.75 Å². The molecule has 2 N–H and O–H groups in total. The summed E-state index contributed by atoms with van der Waals surface area (Å²) < 4.78 is 0. The first-order valence-corrected chi connectivity index (χ1v) is 3.01. The van der Waals surface area contributed by atoms with Gasteiger partial charge in [-0.05, 0) is 19.4 Å². The number of H-pyrrole nitrogens is 1. The Kier molecular flexibility index (Phi) is 1.49. The fourth-order valence-electron chi connectivity index (χ4n) is 0.841. The van der Waals surface area contributed by atoms with Crippen molar-refractivity contribution in [3.05, 3.63) is 27.7 Å². The molecule has 0 radical (unpaired) electrons. The summed E-state index contributed by atoms with van der Waals surface area (Å²) in [6.07, 6.45) is 0. The monoisotopic (exact) mass is 139 g/mol. The van der Waals surface area contributed by atoms with Crippen molar-refractivity contribution in [2.45, 2.75) is 13.8 Å². The highest BCUT2D eigenvalue weighted by Crippen LogP contribution is 2.14. The predicted octanol–water partition coefficient (Wildman–Crippen LogP) is 0.697. The second-order valence-corrected chi connectivity index (χ2v) is 2.29. The van der Waals surface area contributed by atoms with Crippen LogP contribution in [-0.4, -0.2) is 10.1 Å². The zero-order chi connectivity index (χ0) is 7.72. The summed E-state index contributed by atoms with van der Waals surface area (Å²) in [5, 5.41) is 9.16. The number of hydrogen-bond donors (Lipinski definition) is 2. The van der Waals surface area contributed by atoms with Crippen LogP contribution in [0.4, 0.5) is 0 Å². The Bertz CT molecular complexity index is 275. The fourth-order valence-corrected chi connectivity index (χ4v) is 0.841. The Hall–Kier alpha value is -1.25. The average molecular weight is 139 g/mol. The standard InChI is InChI=1S/C7H9NO2/c1-4-3-6(9)8-5(2)7(4)10/h3,10H,1-2H3,(H,8,9). The van der Waals surface area contributed by atoms with Gasteiger partial charge < -0.3 is 10.1 Å². The molecular formula is C7H9NO2. The largest absolute Gasteiger partial charge is 0.506 e. The van der Waals surface area contributed by atoms with Crippen LogP contribution in [0, 0.1) is 13.8 Å². The number of pyridine rings is 1. The summed E-state index contributed by atoms with van der Waals surface area (Å²) in [5.74, 6) is 0.166. The first-order chi connectivity index (χ1) is 4.61. The van der Waals surface area contributed by atoms with Crippen LogP contribution in [0.15, 0.2) is 10.9 Å². The van der Waals surface area contributed by atoms with Crippen molar-refractivity contribution >= 4 is 0 Å². The van der Waals surface area contributed by atoms with E-state index in [0.29, 0.717) is 11.3 Å². The zero-order valence-electron chi connectivity index (χ0n) is 5.93. The van der Waals surface area contributed by atoms with Crippen molar-refractivity contribution in [1.82, 2.24) is 4.98 Å². The van der Waals surface area contributed by atoms with Gasteiger partial charge in [-0.25, -0.2) is 0 Å². The molecule has 1 heterocycles. The van der Waals surface area contributed by atoms with Crippen molar-refractivity contribution < 1.29 is 5.11 Å². The van der Waals surface area contributed by atoms with E-state index in [-0.39, 0.29) is 11.3 Å². The van der Waals surface area contributed by atoms with E-state index >= 15 is 0 Å². The summed E-state index contributed by atoms with van der Waals surface area (Å²) in [4.78, 5) is 13.2. The quantitative estimate of drug-likeness (QED) is 0.555. The van der Waals surface area contributed by atoms with Crippen molar-refractivity contribution in [1.29, 1.82) is 0 Å². The van der Waals surface area contributed by atoms with E-state index < -0.39 is 0 Å². The van der Waals surface area contributed by atoms with Gasteiger partial charge in [0.1, 0.15) is 5.75 Å². The van der Waals surface area contributed by atoms with Gasteiger partial charge in [-0.15, -0.1) is 0 Å².